The molecular formula is C21H22OS. The topological polar surface area (TPSA) is 17.1 Å². The zero-order valence-electron chi connectivity index (χ0n) is 13.5. The highest BCUT2D eigenvalue weighted by atomic mass is 32.1. The molecule has 3 aromatic rings. The van der Waals surface area contributed by atoms with Gasteiger partial charge in [0.1, 0.15) is 6.29 Å². The number of aldehydes is 1. The van der Waals surface area contributed by atoms with E-state index >= 15 is 0 Å². The summed E-state index contributed by atoms with van der Waals surface area (Å²) in [4.78, 5) is 13.7. The highest BCUT2D eigenvalue weighted by Gasteiger charge is 2.05. The number of fused-ring (bicyclic) bond motifs is 1. The van der Waals surface area contributed by atoms with E-state index < -0.39 is 0 Å². The van der Waals surface area contributed by atoms with Gasteiger partial charge in [0.15, 0.2) is 0 Å². The molecule has 0 saturated carbocycles. The van der Waals surface area contributed by atoms with Gasteiger partial charge in [0.25, 0.3) is 0 Å². The first-order valence-corrected chi connectivity index (χ1v) is 9.20. The Labute approximate surface area is 142 Å². The first-order chi connectivity index (χ1) is 11.3. The molecule has 0 spiro atoms. The van der Waals surface area contributed by atoms with Crippen molar-refractivity contribution < 1.29 is 4.79 Å². The fraction of sp³-hybridized carbons (Fsp3) is 0.286. The van der Waals surface area contributed by atoms with Crippen molar-refractivity contribution in [2.75, 3.05) is 0 Å². The smallest absolute Gasteiger partial charge is 0.150 e. The van der Waals surface area contributed by atoms with Gasteiger partial charge in [0.2, 0.25) is 0 Å². The predicted octanol–water partition coefficient (Wildman–Crippen LogP) is 6.50. The van der Waals surface area contributed by atoms with Gasteiger partial charge in [0, 0.05) is 15.3 Å². The number of thiophene rings is 1. The zero-order valence-corrected chi connectivity index (χ0v) is 14.4. The molecule has 0 N–H and O–H groups in total. The third-order valence-electron chi connectivity index (χ3n) is 4.22. The Bertz CT molecular complexity index is 800. The second-order valence-corrected chi connectivity index (χ2v) is 7.18. The van der Waals surface area contributed by atoms with Crippen LogP contribution < -0.4 is 0 Å². The van der Waals surface area contributed by atoms with Gasteiger partial charge in [-0.2, -0.15) is 0 Å². The highest BCUT2D eigenvalue weighted by molar-refractivity contribution is 7.15. The van der Waals surface area contributed by atoms with Crippen LogP contribution in [0.2, 0.25) is 0 Å². The minimum absolute atomic E-state index is 0.732. The molecule has 0 aliphatic carbocycles. The van der Waals surface area contributed by atoms with Crippen molar-refractivity contribution in [3.63, 3.8) is 0 Å². The van der Waals surface area contributed by atoms with E-state index in [2.05, 4.69) is 37.3 Å². The molecule has 0 atom stereocenters. The van der Waals surface area contributed by atoms with Crippen molar-refractivity contribution in [2.45, 2.75) is 39.0 Å². The van der Waals surface area contributed by atoms with Crippen molar-refractivity contribution in [3.8, 4) is 10.4 Å². The Morgan fingerprint density at radius 3 is 2.57 bits per heavy atom. The van der Waals surface area contributed by atoms with Crippen LogP contribution >= 0.6 is 11.3 Å². The first-order valence-electron chi connectivity index (χ1n) is 8.38. The number of carbonyl (C=O) groups excluding carboxylic acids is 1. The quantitative estimate of drug-likeness (QED) is 0.358. The molecule has 0 saturated heterocycles. The number of aryl methyl sites for hydroxylation is 1. The van der Waals surface area contributed by atoms with E-state index in [0.29, 0.717) is 0 Å². The van der Waals surface area contributed by atoms with Crippen LogP contribution in [0.5, 0.6) is 0 Å². The zero-order chi connectivity index (χ0) is 16.1. The van der Waals surface area contributed by atoms with Crippen molar-refractivity contribution >= 4 is 28.4 Å². The molecule has 0 bridgehead atoms. The molecule has 2 heteroatoms. The van der Waals surface area contributed by atoms with E-state index in [1.54, 1.807) is 0 Å². The van der Waals surface area contributed by atoms with Gasteiger partial charge in [0.05, 0.1) is 0 Å². The lowest BCUT2D eigenvalue weighted by atomic mass is 10.0. The van der Waals surface area contributed by atoms with Crippen LogP contribution in [0.25, 0.3) is 21.2 Å². The van der Waals surface area contributed by atoms with E-state index in [-0.39, 0.29) is 0 Å². The van der Waals surface area contributed by atoms with Gasteiger partial charge < -0.3 is 0 Å². The molecule has 0 unspecified atom stereocenters. The second-order valence-electron chi connectivity index (χ2n) is 6.02. The summed E-state index contributed by atoms with van der Waals surface area (Å²) < 4.78 is 0. The van der Waals surface area contributed by atoms with E-state index in [0.717, 1.165) is 17.2 Å². The summed E-state index contributed by atoms with van der Waals surface area (Å²) in [5.74, 6) is 0. The number of benzene rings is 2. The Morgan fingerprint density at radius 2 is 1.74 bits per heavy atom. The molecule has 0 aliphatic rings. The third kappa shape index (κ3) is 3.89. The molecule has 0 radical (unpaired) electrons. The lowest BCUT2D eigenvalue weighted by Crippen LogP contribution is -1.81. The number of hydrogen-bond acceptors (Lipinski definition) is 2. The molecule has 1 heterocycles. The molecule has 1 aromatic heterocycles. The number of unbranched alkanes of at least 4 members (excludes halogenated alkanes) is 3. The average molecular weight is 322 g/mol. The monoisotopic (exact) mass is 322 g/mol. The van der Waals surface area contributed by atoms with Crippen molar-refractivity contribution in [1.82, 2.24) is 0 Å². The fourth-order valence-corrected chi connectivity index (χ4v) is 3.93. The summed E-state index contributed by atoms with van der Waals surface area (Å²) in [5, 5.41) is 2.31. The minimum atomic E-state index is 0.732. The molecule has 0 aliphatic heterocycles. The fourth-order valence-electron chi connectivity index (χ4n) is 2.88. The highest BCUT2D eigenvalue weighted by Crippen LogP contribution is 2.31. The maximum Gasteiger partial charge on any atom is 0.150 e. The van der Waals surface area contributed by atoms with Crippen LogP contribution in [0.15, 0.2) is 48.5 Å². The van der Waals surface area contributed by atoms with E-state index in [9.17, 15) is 4.79 Å². The Balaban J connectivity index is 1.77. The van der Waals surface area contributed by atoms with Crippen molar-refractivity contribution in [3.05, 3.63) is 59.0 Å². The Hall–Kier alpha value is -1.93. The van der Waals surface area contributed by atoms with Gasteiger partial charge in [-0.1, -0.05) is 50.5 Å². The Morgan fingerprint density at radius 1 is 0.913 bits per heavy atom. The molecule has 0 fully saturated rings. The summed E-state index contributed by atoms with van der Waals surface area (Å²) in [6.07, 6.45) is 7.35. The predicted molar refractivity (Wildman–Crippen MR) is 100 cm³/mol. The molecule has 118 valence electrons. The van der Waals surface area contributed by atoms with Gasteiger partial charge in [-0.05, 0) is 53.4 Å². The van der Waals surface area contributed by atoms with Crippen LogP contribution in [0.3, 0.4) is 0 Å². The summed E-state index contributed by atoms with van der Waals surface area (Å²) in [5.41, 5.74) is 2.00. The van der Waals surface area contributed by atoms with Crippen LogP contribution in [0.1, 0.15) is 47.8 Å². The third-order valence-corrected chi connectivity index (χ3v) is 5.42. The lowest BCUT2D eigenvalue weighted by molar-refractivity contribution is 0.112. The van der Waals surface area contributed by atoms with Gasteiger partial charge in [-0.3, -0.25) is 4.79 Å². The van der Waals surface area contributed by atoms with E-state index in [4.69, 9.17) is 0 Å². The van der Waals surface area contributed by atoms with Gasteiger partial charge >= 0.3 is 0 Å². The lowest BCUT2D eigenvalue weighted by Gasteiger charge is -2.03. The number of hydrogen-bond donors (Lipinski definition) is 0. The van der Waals surface area contributed by atoms with Crippen LogP contribution in [0.4, 0.5) is 0 Å². The molecule has 1 nitrogen and oxygen atoms in total. The van der Waals surface area contributed by atoms with Crippen LogP contribution in [0, 0.1) is 0 Å². The summed E-state index contributed by atoms with van der Waals surface area (Å²) >= 11 is 1.90. The van der Waals surface area contributed by atoms with E-state index in [1.165, 1.54) is 52.8 Å². The van der Waals surface area contributed by atoms with Crippen LogP contribution in [-0.2, 0) is 6.42 Å². The molecule has 3 rings (SSSR count). The summed E-state index contributed by atoms with van der Waals surface area (Å²) in [7, 11) is 0. The molecular weight excluding hydrogens is 300 g/mol. The van der Waals surface area contributed by atoms with Crippen molar-refractivity contribution in [1.29, 1.82) is 0 Å². The van der Waals surface area contributed by atoms with Crippen LogP contribution in [-0.4, -0.2) is 6.29 Å². The SMILES string of the molecule is CCCCCCc1ccc(-c2ccc3cc(C=O)ccc3c2)s1. The summed E-state index contributed by atoms with van der Waals surface area (Å²) in [6.45, 7) is 2.25. The normalized spacial score (nSPS) is 11.0. The standard InChI is InChI=1S/C21H22OS/c1-2-3-4-5-6-20-11-12-21(23-20)19-10-9-17-13-16(15-22)7-8-18(17)14-19/h7-15H,2-6H2,1H3. The maximum atomic E-state index is 10.9. The Kier molecular flexibility index (Phi) is 5.24. The number of rotatable bonds is 7. The molecule has 0 amide bonds. The van der Waals surface area contributed by atoms with E-state index in [1.807, 2.05) is 29.5 Å². The largest absolute Gasteiger partial charge is 0.298 e. The molecule has 2 aromatic carbocycles. The number of carbonyl (C=O) groups is 1. The average Bonchev–Trinajstić information content (AvgIpc) is 3.06. The maximum absolute atomic E-state index is 10.9. The van der Waals surface area contributed by atoms with Gasteiger partial charge in [-0.25, -0.2) is 0 Å². The van der Waals surface area contributed by atoms with Gasteiger partial charge in [-0.15, -0.1) is 11.3 Å². The van der Waals surface area contributed by atoms with Crippen molar-refractivity contribution in [2.24, 2.45) is 0 Å². The molecule has 23 heavy (non-hydrogen) atoms. The summed E-state index contributed by atoms with van der Waals surface area (Å²) in [6, 6.07) is 16.8. The minimum Gasteiger partial charge on any atom is -0.298 e. The second kappa shape index (κ2) is 7.56. The first kappa shape index (κ1) is 15.9.